The van der Waals surface area contributed by atoms with Crippen LogP contribution < -0.4 is 0 Å². The van der Waals surface area contributed by atoms with Crippen molar-refractivity contribution in [3.63, 3.8) is 0 Å². The molecule has 1 aromatic carbocycles. The molecule has 0 bridgehead atoms. The molecule has 2 nitrogen and oxygen atoms in total. The highest BCUT2D eigenvalue weighted by Gasteiger charge is 2.26. The summed E-state index contributed by atoms with van der Waals surface area (Å²) in [6.45, 7) is 1.99. The Morgan fingerprint density at radius 2 is 2.20 bits per heavy atom. The predicted molar refractivity (Wildman–Crippen MR) is 61.6 cm³/mol. The van der Waals surface area contributed by atoms with Crippen molar-refractivity contribution in [3.8, 4) is 0 Å². The third kappa shape index (κ3) is 2.66. The van der Waals surface area contributed by atoms with Crippen molar-refractivity contribution in [2.75, 3.05) is 20.3 Å². The van der Waals surface area contributed by atoms with Crippen molar-refractivity contribution in [2.24, 2.45) is 0 Å². The molecule has 1 atom stereocenters. The summed E-state index contributed by atoms with van der Waals surface area (Å²) in [5.74, 6) is 0. The lowest BCUT2D eigenvalue weighted by Crippen LogP contribution is -2.25. The van der Waals surface area contributed by atoms with E-state index in [1.165, 1.54) is 18.4 Å². The van der Waals surface area contributed by atoms with Gasteiger partial charge in [-0.1, -0.05) is 18.2 Å². The van der Waals surface area contributed by atoms with E-state index in [2.05, 4.69) is 35.1 Å². The van der Waals surface area contributed by atoms with Gasteiger partial charge < -0.3 is 4.74 Å². The zero-order chi connectivity index (χ0) is 10.5. The Bertz CT molecular complexity index is 332. The van der Waals surface area contributed by atoms with E-state index in [1.54, 1.807) is 7.11 Å². The molecule has 0 N–H and O–H groups in total. The minimum Gasteiger partial charge on any atom is -0.378 e. The van der Waals surface area contributed by atoms with E-state index in [1.807, 2.05) is 6.07 Å². The molecule has 0 aromatic heterocycles. The maximum atomic E-state index is 5.23. The van der Waals surface area contributed by atoms with Crippen LogP contribution in [0.4, 0.5) is 0 Å². The summed E-state index contributed by atoms with van der Waals surface area (Å²) >= 11 is 0. The molecule has 2 heteroatoms. The van der Waals surface area contributed by atoms with Gasteiger partial charge in [-0.2, -0.15) is 0 Å². The fourth-order valence-corrected chi connectivity index (χ4v) is 2.13. The van der Waals surface area contributed by atoms with Crippen LogP contribution in [0, 0.1) is 0 Å². The molecule has 2 rings (SSSR count). The Morgan fingerprint density at radius 3 is 2.93 bits per heavy atom. The summed E-state index contributed by atoms with van der Waals surface area (Å²) in [4.78, 5) is 0. The average molecular weight is 204 g/mol. The van der Waals surface area contributed by atoms with Gasteiger partial charge in [0.25, 0.3) is 0 Å². The molecular weight excluding hydrogens is 186 g/mol. The van der Waals surface area contributed by atoms with Gasteiger partial charge in [0.2, 0.25) is 0 Å². The molecule has 0 spiro atoms. The van der Waals surface area contributed by atoms with Gasteiger partial charge in [-0.25, -0.2) is 4.58 Å². The second kappa shape index (κ2) is 5.08. The molecule has 0 radical (unpaired) electrons. The van der Waals surface area contributed by atoms with Gasteiger partial charge in [0, 0.05) is 25.5 Å². The van der Waals surface area contributed by atoms with Crippen LogP contribution in [0.1, 0.15) is 18.4 Å². The van der Waals surface area contributed by atoms with Crippen LogP contribution >= 0.6 is 0 Å². The third-order valence-electron chi connectivity index (χ3n) is 2.90. The summed E-state index contributed by atoms with van der Waals surface area (Å²) in [5, 5.41) is 0. The monoisotopic (exact) mass is 204 g/mol. The van der Waals surface area contributed by atoms with E-state index in [9.17, 15) is 0 Å². The Hall–Kier alpha value is -1.15. The Kier molecular flexibility index (Phi) is 3.51. The molecule has 0 saturated carbocycles. The first-order valence-electron chi connectivity index (χ1n) is 5.55. The number of nitrogens with zero attached hydrogens (tertiary/aromatic N) is 1. The maximum absolute atomic E-state index is 5.23. The molecular formula is C13H18NO+. The Morgan fingerprint density at radius 1 is 1.40 bits per heavy atom. The first kappa shape index (κ1) is 10.4. The van der Waals surface area contributed by atoms with Gasteiger partial charge in [0.05, 0.1) is 0 Å². The quantitative estimate of drug-likeness (QED) is 0.685. The van der Waals surface area contributed by atoms with Gasteiger partial charge in [-0.15, -0.1) is 0 Å². The minimum atomic E-state index is 0.565. The summed E-state index contributed by atoms with van der Waals surface area (Å²) < 4.78 is 7.63. The largest absolute Gasteiger partial charge is 0.378 e. The zero-order valence-electron chi connectivity index (χ0n) is 9.23. The van der Waals surface area contributed by atoms with Gasteiger partial charge >= 0.3 is 0 Å². The van der Waals surface area contributed by atoms with Crippen molar-refractivity contribution in [3.05, 3.63) is 35.9 Å². The molecule has 1 unspecified atom stereocenters. The van der Waals surface area contributed by atoms with E-state index >= 15 is 0 Å². The van der Waals surface area contributed by atoms with Crippen molar-refractivity contribution in [1.29, 1.82) is 0 Å². The number of rotatable bonds is 3. The number of methoxy groups -OCH3 is 1. The van der Waals surface area contributed by atoms with Crippen molar-refractivity contribution < 1.29 is 9.31 Å². The number of hydrogen-bond donors (Lipinski definition) is 0. The van der Waals surface area contributed by atoms with Gasteiger partial charge in [0.15, 0.2) is 12.3 Å². The van der Waals surface area contributed by atoms with Crippen LogP contribution in [-0.2, 0) is 4.74 Å². The van der Waals surface area contributed by atoms with Gasteiger partial charge in [0.1, 0.15) is 13.2 Å². The summed E-state index contributed by atoms with van der Waals surface area (Å²) in [5.41, 5.74) is 1.28. The maximum Gasteiger partial charge on any atom is 0.176 e. The fourth-order valence-electron chi connectivity index (χ4n) is 2.13. The molecule has 1 fully saturated rings. The average Bonchev–Trinajstić information content (AvgIpc) is 2.68. The minimum absolute atomic E-state index is 0.565. The molecule has 1 aliphatic rings. The number of ether oxygens (including phenoxy) is 1. The molecule has 1 saturated heterocycles. The molecule has 0 amide bonds. The highest BCUT2D eigenvalue weighted by Crippen LogP contribution is 2.12. The van der Waals surface area contributed by atoms with E-state index in [0.717, 1.165) is 13.2 Å². The van der Waals surface area contributed by atoms with E-state index in [4.69, 9.17) is 4.74 Å². The molecule has 1 aliphatic heterocycles. The molecule has 1 heterocycles. The Balaban J connectivity index is 2.12. The van der Waals surface area contributed by atoms with Gasteiger partial charge in [-0.3, -0.25) is 0 Å². The number of hydrogen-bond acceptors (Lipinski definition) is 1. The third-order valence-corrected chi connectivity index (χ3v) is 2.90. The zero-order valence-corrected chi connectivity index (χ0v) is 9.23. The first-order valence-corrected chi connectivity index (χ1v) is 5.55. The van der Waals surface area contributed by atoms with Crippen LogP contribution in [0.15, 0.2) is 30.3 Å². The van der Waals surface area contributed by atoms with Crippen molar-refractivity contribution in [2.45, 2.75) is 18.9 Å². The summed E-state index contributed by atoms with van der Waals surface area (Å²) in [6, 6.07) is 11.0. The topological polar surface area (TPSA) is 12.2 Å². The molecule has 0 aliphatic carbocycles. The van der Waals surface area contributed by atoms with E-state index in [-0.39, 0.29) is 0 Å². The lowest BCUT2D eigenvalue weighted by atomic mass is 10.2. The molecule has 80 valence electrons. The Labute approximate surface area is 91.2 Å². The SMILES string of the molecule is COCC1CCC[N+]1=Cc1ccccc1. The van der Waals surface area contributed by atoms with Gasteiger partial charge in [-0.05, 0) is 12.1 Å². The highest BCUT2D eigenvalue weighted by molar-refractivity contribution is 5.75. The molecule has 1 aromatic rings. The van der Waals surface area contributed by atoms with Crippen LogP contribution in [0.25, 0.3) is 0 Å². The fraction of sp³-hybridized carbons (Fsp3) is 0.462. The van der Waals surface area contributed by atoms with E-state index < -0.39 is 0 Å². The highest BCUT2D eigenvalue weighted by atomic mass is 16.5. The first-order chi connectivity index (χ1) is 7.40. The second-order valence-corrected chi connectivity index (χ2v) is 4.03. The van der Waals surface area contributed by atoms with Crippen LogP contribution in [0.3, 0.4) is 0 Å². The lowest BCUT2D eigenvalue weighted by molar-refractivity contribution is -0.542. The van der Waals surface area contributed by atoms with Crippen molar-refractivity contribution in [1.82, 2.24) is 0 Å². The molecule has 15 heavy (non-hydrogen) atoms. The smallest absolute Gasteiger partial charge is 0.176 e. The lowest BCUT2D eigenvalue weighted by Gasteiger charge is -2.05. The van der Waals surface area contributed by atoms with Crippen LogP contribution in [0.5, 0.6) is 0 Å². The standard InChI is InChI=1S/C13H18NO/c1-15-11-13-8-5-9-14(13)10-12-6-3-2-4-7-12/h2-4,6-7,10,13H,5,8-9,11H2,1H3/q+1. The van der Waals surface area contributed by atoms with Crippen molar-refractivity contribution >= 4 is 6.21 Å². The normalized spacial score (nSPS) is 23.5. The number of benzene rings is 1. The van der Waals surface area contributed by atoms with Crippen LogP contribution in [0.2, 0.25) is 0 Å². The second-order valence-electron chi connectivity index (χ2n) is 4.03. The van der Waals surface area contributed by atoms with E-state index in [0.29, 0.717) is 6.04 Å². The summed E-state index contributed by atoms with van der Waals surface area (Å²) in [7, 11) is 1.78. The predicted octanol–water partition coefficient (Wildman–Crippen LogP) is 1.93. The van der Waals surface area contributed by atoms with Crippen LogP contribution in [-0.4, -0.2) is 37.1 Å². The summed E-state index contributed by atoms with van der Waals surface area (Å²) in [6.07, 6.45) is 4.77.